The summed E-state index contributed by atoms with van der Waals surface area (Å²) in [5.41, 5.74) is 2.19. The van der Waals surface area contributed by atoms with Gasteiger partial charge < -0.3 is 0 Å². The van der Waals surface area contributed by atoms with E-state index >= 15 is 0 Å². The minimum atomic E-state index is -0.461. The third-order valence-corrected chi connectivity index (χ3v) is 2.17. The molecule has 1 rings (SSSR count). The normalized spacial score (nSPS) is 11.9. The molecule has 3 nitrogen and oxygen atoms in total. The Labute approximate surface area is 89.6 Å². The van der Waals surface area contributed by atoms with E-state index < -0.39 is 4.92 Å². The van der Waals surface area contributed by atoms with E-state index in [9.17, 15) is 10.1 Å². The van der Waals surface area contributed by atoms with Crippen LogP contribution in [0.3, 0.4) is 0 Å². The van der Waals surface area contributed by atoms with Crippen LogP contribution in [-0.2, 0) is 5.41 Å². The lowest BCUT2D eigenvalue weighted by molar-refractivity contribution is -0.400. The van der Waals surface area contributed by atoms with Crippen molar-refractivity contribution < 1.29 is 4.92 Å². The Balaban J connectivity index is 2.86. The van der Waals surface area contributed by atoms with Gasteiger partial charge in [0.25, 0.3) is 0 Å². The number of nitrogens with zero attached hydrogens (tertiary/aromatic N) is 1. The van der Waals surface area contributed by atoms with E-state index in [1.54, 1.807) is 0 Å². The lowest BCUT2D eigenvalue weighted by Crippen LogP contribution is -2.10. The van der Waals surface area contributed by atoms with E-state index in [1.165, 1.54) is 11.6 Å². The second-order valence-electron chi connectivity index (χ2n) is 4.47. The smallest absolute Gasteiger partial charge is 0.235 e. The summed E-state index contributed by atoms with van der Waals surface area (Å²) < 4.78 is 0. The molecular formula is C12H15NO2. The second-order valence-corrected chi connectivity index (χ2v) is 4.47. The average molecular weight is 205 g/mol. The van der Waals surface area contributed by atoms with Crippen LogP contribution in [0.25, 0.3) is 6.08 Å². The molecule has 1 aromatic rings. The lowest BCUT2D eigenvalue weighted by atomic mass is 9.87. The van der Waals surface area contributed by atoms with Crippen molar-refractivity contribution >= 4 is 6.08 Å². The van der Waals surface area contributed by atoms with Crippen molar-refractivity contribution in [3.05, 3.63) is 51.7 Å². The summed E-state index contributed by atoms with van der Waals surface area (Å²) in [7, 11) is 0. The topological polar surface area (TPSA) is 43.1 Å². The third-order valence-electron chi connectivity index (χ3n) is 2.17. The highest BCUT2D eigenvalue weighted by atomic mass is 16.6. The van der Waals surface area contributed by atoms with Crippen molar-refractivity contribution in [2.45, 2.75) is 26.2 Å². The first-order chi connectivity index (χ1) is 6.89. The van der Waals surface area contributed by atoms with Crippen LogP contribution in [-0.4, -0.2) is 4.92 Å². The zero-order valence-corrected chi connectivity index (χ0v) is 9.23. The summed E-state index contributed by atoms with van der Waals surface area (Å²) in [6.07, 6.45) is 2.44. The van der Waals surface area contributed by atoms with Crippen molar-refractivity contribution in [2.75, 3.05) is 0 Å². The Morgan fingerprint density at radius 3 is 2.13 bits per heavy atom. The van der Waals surface area contributed by atoms with Crippen molar-refractivity contribution in [1.82, 2.24) is 0 Å². The van der Waals surface area contributed by atoms with E-state index in [0.717, 1.165) is 11.8 Å². The Kier molecular flexibility index (Phi) is 3.24. The van der Waals surface area contributed by atoms with Gasteiger partial charge in [0.1, 0.15) is 0 Å². The van der Waals surface area contributed by atoms with Crippen LogP contribution in [0.2, 0.25) is 0 Å². The van der Waals surface area contributed by atoms with Gasteiger partial charge in [0.2, 0.25) is 6.20 Å². The van der Waals surface area contributed by atoms with Crippen LogP contribution in [0.15, 0.2) is 30.5 Å². The molecule has 0 heterocycles. The first kappa shape index (κ1) is 11.4. The summed E-state index contributed by atoms with van der Waals surface area (Å²) >= 11 is 0. The van der Waals surface area contributed by atoms with E-state index in [0.29, 0.717) is 0 Å². The van der Waals surface area contributed by atoms with Gasteiger partial charge in [-0.3, -0.25) is 10.1 Å². The number of benzene rings is 1. The van der Waals surface area contributed by atoms with Crippen molar-refractivity contribution in [3.63, 3.8) is 0 Å². The van der Waals surface area contributed by atoms with E-state index in [1.807, 2.05) is 24.3 Å². The molecule has 3 heteroatoms. The van der Waals surface area contributed by atoms with Gasteiger partial charge in [0, 0.05) is 6.08 Å². The lowest BCUT2D eigenvalue weighted by Gasteiger charge is -2.18. The molecule has 15 heavy (non-hydrogen) atoms. The first-order valence-electron chi connectivity index (χ1n) is 4.82. The number of rotatable bonds is 2. The zero-order valence-electron chi connectivity index (χ0n) is 9.23. The van der Waals surface area contributed by atoms with Gasteiger partial charge in [-0.1, -0.05) is 45.0 Å². The molecular weight excluding hydrogens is 190 g/mol. The van der Waals surface area contributed by atoms with Gasteiger partial charge in [0.05, 0.1) is 4.92 Å². The van der Waals surface area contributed by atoms with Crippen molar-refractivity contribution in [3.8, 4) is 0 Å². The van der Waals surface area contributed by atoms with Gasteiger partial charge in [-0.15, -0.1) is 0 Å². The van der Waals surface area contributed by atoms with E-state index in [4.69, 9.17) is 0 Å². The maximum atomic E-state index is 10.1. The highest BCUT2D eigenvalue weighted by molar-refractivity contribution is 5.49. The molecule has 0 atom stereocenters. The molecule has 1 aromatic carbocycles. The van der Waals surface area contributed by atoms with Crippen LogP contribution in [0.1, 0.15) is 31.9 Å². The predicted molar refractivity (Wildman–Crippen MR) is 61.2 cm³/mol. The van der Waals surface area contributed by atoms with Crippen LogP contribution >= 0.6 is 0 Å². The SMILES string of the molecule is CC(C)(C)c1ccc(/C=C\[N+](=O)[O-])cc1. The molecule has 0 aliphatic rings. The minimum Gasteiger partial charge on any atom is -0.259 e. The molecule has 0 saturated heterocycles. The van der Waals surface area contributed by atoms with Crippen LogP contribution < -0.4 is 0 Å². The number of nitro groups is 1. The number of hydrogen-bond acceptors (Lipinski definition) is 2. The fourth-order valence-electron chi connectivity index (χ4n) is 1.24. The molecule has 0 unspecified atom stereocenters. The molecule has 0 saturated carbocycles. The van der Waals surface area contributed by atoms with Crippen molar-refractivity contribution in [2.24, 2.45) is 0 Å². The predicted octanol–water partition coefficient (Wildman–Crippen LogP) is 3.23. The van der Waals surface area contributed by atoms with Crippen molar-refractivity contribution in [1.29, 1.82) is 0 Å². The molecule has 0 aromatic heterocycles. The second kappa shape index (κ2) is 4.26. The standard InChI is InChI=1S/C12H15NO2/c1-12(2,3)11-6-4-10(5-7-11)8-9-13(14)15/h4-9H,1-3H3/b9-8-. The highest BCUT2D eigenvalue weighted by Crippen LogP contribution is 2.22. The van der Waals surface area contributed by atoms with Gasteiger partial charge in [0.15, 0.2) is 0 Å². The van der Waals surface area contributed by atoms with Crippen LogP contribution in [0.5, 0.6) is 0 Å². The Bertz CT molecular complexity index is 372. The highest BCUT2D eigenvalue weighted by Gasteiger charge is 2.12. The van der Waals surface area contributed by atoms with Gasteiger partial charge >= 0.3 is 0 Å². The quantitative estimate of drug-likeness (QED) is 0.549. The monoisotopic (exact) mass is 205 g/mol. The average Bonchev–Trinajstić information content (AvgIpc) is 2.14. The Morgan fingerprint density at radius 1 is 1.20 bits per heavy atom. The zero-order chi connectivity index (χ0) is 11.5. The van der Waals surface area contributed by atoms with Crippen LogP contribution in [0, 0.1) is 10.1 Å². The molecule has 0 radical (unpaired) electrons. The van der Waals surface area contributed by atoms with Gasteiger partial charge in [-0.25, -0.2) is 0 Å². The maximum Gasteiger partial charge on any atom is 0.235 e. The summed E-state index contributed by atoms with van der Waals surface area (Å²) in [5.74, 6) is 0. The molecule has 0 bridgehead atoms. The summed E-state index contributed by atoms with van der Waals surface area (Å²) in [4.78, 5) is 9.66. The Hall–Kier alpha value is -1.64. The molecule has 0 amide bonds. The van der Waals surface area contributed by atoms with Crippen LogP contribution in [0.4, 0.5) is 0 Å². The largest absolute Gasteiger partial charge is 0.259 e. The molecule has 0 fully saturated rings. The minimum absolute atomic E-state index is 0.116. The third kappa shape index (κ3) is 3.54. The molecule has 0 aliphatic heterocycles. The molecule has 0 N–H and O–H groups in total. The summed E-state index contributed by atoms with van der Waals surface area (Å²) in [6, 6.07) is 7.78. The first-order valence-corrected chi connectivity index (χ1v) is 4.82. The van der Waals surface area contributed by atoms with Gasteiger partial charge in [-0.05, 0) is 16.5 Å². The number of hydrogen-bond donors (Lipinski definition) is 0. The Morgan fingerprint density at radius 2 is 1.73 bits per heavy atom. The fraction of sp³-hybridized carbons (Fsp3) is 0.333. The fourth-order valence-corrected chi connectivity index (χ4v) is 1.24. The maximum absolute atomic E-state index is 10.1. The molecule has 0 aliphatic carbocycles. The summed E-state index contributed by atoms with van der Waals surface area (Å²) in [6.45, 7) is 6.40. The molecule has 0 spiro atoms. The molecule has 80 valence electrons. The summed E-state index contributed by atoms with van der Waals surface area (Å²) in [5, 5.41) is 10.1. The van der Waals surface area contributed by atoms with Gasteiger partial charge in [-0.2, -0.15) is 0 Å². The van der Waals surface area contributed by atoms with E-state index in [2.05, 4.69) is 20.8 Å². The van der Waals surface area contributed by atoms with E-state index in [-0.39, 0.29) is 5.41 Å².